The Kier molecular flexibility index (Phi) is 8.30. The number of rotatable bonds is 9. The maximum Gasteiger partial charge on any atom is 0.224 e. The van der Waals surface area contributed by atoms with Crippen molar-refractivity contribution in [3.8, 4) is 5.75 Å². The third-order valence-electron chi connectivity index (χ3n) is 6.38. The lowest BCUT2D eigenvalue weighted by atomic mass is 9.89. The van der Waals surface area contributed by atoms with Gasteiger partial charge in [0, 0.05) is 70.7 Å². The van der Waals surface area contributed by atoms with Gasteiger partial charge in [-0.15, -0.1) is 0 Å². The number of carbonyl (C=O) groups is 1. The summed E-state index contributed by atoms with van der Waals surface area (Å²) < 4.78 is 26.8. The van der Waals surface area contributed by atoms with Crippen LogP contribution in [-0.2, 0) is 23.1 Å². The molecule has 33 heavy (non-hydrogen) atoms. The zero-order valence-electron chi connectivity index (χ0n) is 19.3. The van der Waals surface area contributed by atoms with E-state index in [0.717, 1.165) is 51.6 Å². The van der Waals surface area contributed by atoms with Gasteiger partial charge in [0.1, 0.15) is 17.4 Å². The summed E-state index contributed by atoms with van der Waals surface area (Å²) in [5.41, 5.74) is 0. The lowest BCUT2D eigenvalue weighted by Crippen LogP contribution is -2.49. The summed E-state index contributed by atoms with van der Waals surface area (Å²) in [6.07, 6.45) is 4.47. The molecule has 0 saturated carbocycles. The number of halogens is 1. The van der Waals surface area contributed by atoms with Crippen molar-refractivity contribution < 1.29 is 18.7 Å². The van der Waals surface area contributed by atoms with Crippen LogP contribution < -0.4 is 10.1 Å². The molecule has 4 rings (SSSR count). The second kappa shape index (κ2) is 11.6. The Bertz CT molecular complexity index is 902. The van der Waals surface area contributed by atoms with Gasteiger partial charge in [-0.1, -0.05) is 6.07 Å². The molecule has 1 aromatic carbocycles. The highest BCUT2D eigenvalue weighted by Gasteiger charge is 2.32. The van der Waals surface area contributed by atoms with Crippen molar-refractivity contribution >= 4 is 5.91 Å². The number of benzene rings is 1. The van der Waals surface area contributed by atoms with Crippen molar-refractivity contribution in [1.29, 1.82) is 0 Å². The Morgan fingerprint density at radius 3 is 2.88 bits per heavy atom. The van der Waals surface area contributed by atoms with E-state index >= 15 is 0 Å². The van der Waals surface area contributed by atoms with E-state index in [1.165, 1.54) is 12.1 Å². The standard InChI is InChI=1S/C24H34FN5O3/c1-28-7-5-26-23(28)17-30-15-19(18-33-22-4-2-3-21(25)14-22)13-20(16-30)24(31)27-6-8-29-9-11-32-12-10-29/h2-5,7,14,19-20H,6,8-13,15-18H2,1H3,(H,27,31)/t19-,20+/m0/s1. The van der Waals surface area contributed by atoms with Crippen LogP contribution in [0.1, 0.15) is 12.2 Å². The van der Waals surface area contributed by atoms with E-state index in [9.17, 15) is 9.18 Å². The minimum Gasteiger partial charge on any atom is -0.493 e. The lowest BCUT2D eigenvalue weighted by molar-refractivity contribution is -0.127. The fourth-order valence-electron chi connectivity index (χ4n) is 4.57. The number of aromatic nitrogens is 2. The van der Waals surface area contributed by atoms with Crippen LogP contribution in [0.15, 0.2) is 36.7 Å². The van der Waals surface area contributed by atoms with Crippen molar-refractivity contribution in [3.63, 3.8) is 0 Å². The predicted octanol–water partition coefficient (Wildman–Crippen LogP) is 1.52. The summed E-state index contributed by atoms with van der Waals surface area (Å²) in [5, 5.41) is 3.13. The Balaban J connectivity index is 1.34. The van der Waals surface area contributed by atoms with Gasteiger partial charge in [0.05, 0.1) is 32.3 Å². The first-order valence-corrected chi connectivity index (χ1v) is 11.7. The van der Waals surface area contributed by atoms with Gasteiger partial charge in [-0.25, -0.2) is 9.37 Å². The van der Waals surface area contributed by atoms with Crippen molar-refractivity contribution in [1.82, 2.24) is 24.7 Å². The SMILES string of the molecule is Cn1ccnc1CN1C[C@@H](COc2cccc(F)c2)C[C@@H](C(=O)NCCN2CCOCC2)C1. The lowest BCUT2D eigenvalue weighted by Gasteiger charge is -2.37. The Hall–Kier alpha value is -2.49. The quantitative estimate of drug-likeness (QED) is 0.613. The molecule has 1 amide bonds. The molecule has 1 aromatic heterocycles. The fourth-order valence-corrected chi connectivity index (χ4v) is 4.57. The summed E-state index contributed by atoms with van der Waals surface area (Å²) in [6, 6.07) is 6.20. The Morgan fingerprint density at radius 1 is 1.27 bits per heavy atom. The number of imidazole rings is 1. The highest BCUT2D eigenvalue weighted by atomic mass is 19.1. The molecule has 3 heterocycles. The van der Waals surface area contributed by atoms with Crippen molar-refractivity contribution in [3.05, 3.63) is 48.3 Å². The minimum atomic E-state index is -0.315. The number of hydrogen-bond donors (Lipinski definition) is 1. The van der Waals surface area contributed by atoms with E-state index in [2.05, 4.69) is 20.1 Å². The molecule has 2 aliphatic rings. The number of carbonyl (C=O) groups excluding carboxylic acids is 1. The summed E-state index contributed by atoms with van der Waals surface area (Å²) in [6.45, 7) is 7.43. The third kappa shape index (κ3) is 6.99. The van der Waals surface area contributed by atoms with Crippen molar-refractivity contribution in [2.75, 3.05) is 59.1 Å². The number of ether oxygens (including phenoxy) is 2. The molecule has 2 atom stereocenters. The number of likely N-dealkylation sites (tertiary alicyclic amines) is 1. The summed E-state index contributed by atoms with van der Waals surface area (Å²) in [7, 11) is 1.98. The fraction of sp³-hybridized carbons (Fsp3) is 0.583. The van der Waals surface area contributed by atoms with Crippen LogP contribution in [0.5, 0.6) is 5.75 Å². The molecule has 2 saturated heterocycles. The number of morpholine rings is 1. The predicted molar refractivity (Wildman–Crippen MR) is 122 cm³/mol. The van der Waals surface area contributed by atoms with E-state index in [1.54, 1.807) is 18.3 Å². The highest BCUT2D eigenvalue weighted by molar-refractivity contribution is 5.79. The van der Waals surface area contributed by atoms with Crippen LogP contribution in [0.4, 0.5) is 4.39 Å². The molecule has 0 radical (unpaired) electrons. The second-order valence-corrected chi connectivity index (χ2v) is 8.96. The molecule has 0 aliphatic carbocycles. The smallest absolute Gasteiger partial charge is 0.224 e. The van der Waals surface area contributed by atoms with Crippen LogP contribution in [0.2, 0.25) is 0 Å². The van der Waals surface area contributed by atoms with Crippen LogP contribution in [0, 0.1) is 17.7 Å². The first-order valence-electron chi connectivity index (χ1n) is 11.7. The van der Waals surface area contributed by atoms with E-state index in [-0.39, 0.29) is 23.6 Å². The molecule has 2 aromatic rings. The number of hydrogen-bond acceptors (Lipinski definition) is 6. The molecule has 180 valence electrons. The van der Waals surface area contributed by atoms with E-state index in [0.29, 0.717) is 32.0 Å². The third-order valence-corrected chi connectivity index (χ3v) is 6.38. The van der Waals surface area contributed by atoms with Gasteiger partial charge in [-0.3, -0.25) is 14.6 Å². The van der Waals surface area contributed by atoms with Gasteiger partial charge in [0.25, 0.3) is 0 Å². The van der Waals surface area contributed by atoms with E-state index < -0.39 is 0 Å². The molecular weight excluding hydrogens is 425 g/mol. The van der Waals surface area contributed by atoms with Crippen LogP contribution >= 0.6 is 0 Å². The summed E-state index contributed by atoms with van der Waals surface area (Å²) >= 11 is 0. The zero-order chi connectivity index (χ0) is 23.0. The number of nitrogens with one attached hydrogen (secondary N) is 1. The van der Waals surface area contributed by atoms with Crippen LogP contribution in [0.3, 0.4) is 0 Å². The van der Waals surface area contributed by atoms with Crippen LogP contribution in [-0.4, -0.2) is 84.3 Å². The van der Waals surface area contributed by atoms with Gasteiger partial charge in [-0.05, 0) is 18.6 Å². The average Bonchev–Trinajstić information content (AvgIpc) is 3.22. The molecule has 0 unspecified atom stereocenters. The van der Waals surface area contributed by atoms with E-state index in [4.69, 9.17) is 9.47 Å². The van der Waals surface area contributed by atoms with Gasteiger partial charge in [0.15, 0.2) is 0 Å². The number of amides is 1. The molecule has 0 bridgehead atoms. The second-order valence-electron chi connectivity index (χ2n) is 8.96. The van der Waals surface area contributed by atoms with Gasteiger partial charge in [-0.2, -0.15) is 0 Å². The monoisotopic (exact) mass is 459 g/mol. The molecule has 8 nitrogen and oxygen atoms in total. The molecule has 2 aliphatic heterocycles. The van der Waals surface area contributed by atoms with Crippen molar-refractivity contribution in [2.24, 2.45) is 18.9 Å². The molecular formula is C24H34FN5O3. The zero-order valence-corrected chi connectivity index (χ0v) is 19.3. The largest absolute Gasteiger partial charge is 0.493 e. The Labute approximate surface area is 194 Å². The first-order chi connectivity index (χ1) is 16.1. The maximum absolute atomic E-state index is 13.5. The number of piperidine rings is 1. The first kappa shape index (κ1) is 23.7. The van der Waals surface area contributed by atoms with Crippen LogP contribution in [0.25, 0.3) is 0 Å². The summed E-state index contributed by atoms with van der Waals surface area (Å²) in [4.78, 5) is 22.1. The molecule has 1 N–H and O–H groups in total. The van der Waals surface area contributed by atoms with Gasteiger partial charge in [0.2, 0.25) is 5.91 Å². The topological polar surface area (TPSA) is 71.9 Å². The summed E-state index contributed by atoms with van der Waals surface area (Å²) in [5.74, 6) is 1.30. The Morgan fingerprint density at radius 2 is 2.12 bits per heavy atom. The minimum absolute atomic E-state index is 0.0866. The van der Waals surface area contributed by atoms with E-state index in [1.807, 2.05) is 17.8 Å². The number of aryl methyl sites for hydroxylation is 1. The normalized spacial score (nSPS) is 22.2. The molecule has 2 fully saturated rings. The molecule has 0 spiro atoms. The number of nitrogens with zero attached hydrogens (tertiary/aromatic N) is 4. The van der Waals surface area contributed by atoms with Crippen molar-refractivity contribution in [2.45, 2.75) is 13.0 Å². The van der Waals surface area contributed by atoms with Gasteiger partial charge >= 0.3 is 0 Å². The highest BCUT2D eigenvalue weighted by Crippen LogP contribution is 2.25. The molecule has 9 heteroatoms. The average molecular weight is 460 g/mol. The van der Waals surface area contributed by atoms with Gasteiger partial charge < -0.3 is 19.4 Å². The maximum atomic E-state index is 13.5.